The molecule has 0 bridgehead atoms. The number of nitrogens with zero attached hydrogens (tertiary/aromatic N) is 6. The number of carbonyl (C=O) groups excluding carboxylic acids is 7. The van der Waals surface area contributed by atoms with Crippen LogP contribution < -0.4 is 41.0 Å². The van der Waals surface area contributed by atoms with Crippen molar-refractivity contribution in [2.75, 3.05) is 78.5 Å². The average Bonchev–Trinajstić information content (AvgIpc) is 1.78. The number of ether oxygens (including phenoxy) is 1. The number of carbonyl (C=O) groups is 7. The molecule has 14 N–H and O–H groups in total. The highest BCUT2D eigenvalue weighted by atomic mass is 32.3. The third-order valence-corrected chi connectivity index (χ3v) is 22.0. The number of rotatable bonds is 20. The number of β-amino-alcohol motifs (C(OH)–C–C–N with tert-alkyl or cyclic N) is 1. The van der Waals surface area contributed by atoms with Gasteiger partial charge >= 0.3 is 10.4 Å². The lowest BCUT2D eigenvalue weighted by atomic mass is 9.72. The van der Waals surface area contributed by atoms with Crippen molar-refractivity contribution < 1.29 is 91.2 Å². The number of hydrogen-bond donors (Lipinski definition) is 14. The predicted octanol–water partition coefficient (Wildman–Crippen LogP) is -1.19. The summed E-state index contributed by atoms with van der Waals surface area (Å²) < 4.78 is 43.4. The largest absolute Gasteiger partial charge is 0.504 e. The zero-order chi connectivity index (χ0) is 71.6. The third-order valence-electron chi connectivity index (χ3n) is 20.5. The lowest BCUT2D eigenvalue weighted by Crippen LogP contribution is -2.64. The number of amides is 7. The first-order valence-electron chi connectivity index (χ1n) is 34.3. The SMILES string of the molecule is COC1(C2CCCCC2)CCN(c2ccc(-c3nnc([C@H]4CC[C@H](CN[C@H]5C[C@@H](O)CNC(=O)[C@@H]6[C@@H](O)[C@@H](C)CN6C(=O)[C@H]([C@H](O)CC(=O)NCCN(C)C)NC(=O)[C@H]([C@H](O)Cc6ccc(O)c(OS(=O)(=O)O)c6)NC(=O)[C@@H]6C[C@@H](O)CN6C(=O)[C@H]([C@@H](C)O)NC5=O)CC4)s3)cc2)CC1. The number of methoxy groups -OCH3 is 1. The highest BCUT2D eigenvalue weighted by molar-refractivity contribution is 7.81. The van der Waals surface area contributed by atoms with Crippen molar-refractivity contribution in [2.45, 2.75) is 195 Å². The Hall–Kier alpha value is -6.76. The number of aromatic hydroxyl groups is 1. The standard InChI is InChI=1S/C66H98N12O19S2/c1-36-34-78-56(57(36)86)61(90)69-33-44(80)29-46(68-32-38-11-14-40(15-12-38)62-73-74-63(98-62)41-16-18-43(19-17-41)76-24-21-66(96-5,22-25-76)42-9-7-6-8-10-42)58(87)70-53(37(2)79)64(91)77-35-45(81)30-47(77)59(88)71-54(49(83)27-39-13-20-48(82)51(28-39)97-99(93,94)95)60(89)72-55(65(78)92)50(84)31-52(85)67-23-26-75(3)4/h13,16-20,28,36-38,40,42,44-47,49-50,53-57,68,79-84,86H,6-12,14-15,21-27,29-35H2,1-5H3,(H,67,85)(H,69,90)(H,70,87)(H,71,88)(H,72,89)(H,93,94,95)/t36-,37+,38-,40-,44+,45+,46-,47-,49+,50+,53-,54-,55-,56-,57-/m0/s1. The minimum atomic E-state index is -5.23. The number of hydrogen-bond acceptors (Lipinski definition) is 24. The van der Waals surface area contributed by atoms with Crippen molar-refractivity contribution in [3.8, 4) is 22.1 Å². The number of likely N-dealkylation sites (N-methyl/N-ethyl adjacent to an activating group) is 1. The number of anilines is 1. The topological polar surface area (TPSA) is 445 Å². The van der Waals surface area contributed by atoms with Crippen LogP contribution in [0.2, 0.25) is 0 Å². The van der Waals surface area contributed by atoms with Crippen LogP contribution in [0.3, 0.4) is 0 Å². The Labute approximate surface area is 580 Å². The van der Waals surface area contributed by atoms with Crippen molar-refractivity contribution in [3.63, 3.8) is 0 Å². The number of aliphatic hydroxyl groups excluding tert-OH is 6. The Morgan fingerprint density at radius 1 is 0.798 bits per heavy atom. The smallest absolute Gasteiger partial charge is 0.446 e. The second-order valence-corrected chi connectivity index (χ2v) is 29.9. The molecule has 5 heterocycles. The second-order valence-electron chi connectivity index (χ2n) is 27.9. The molecule has 0 radical (unpaired) electrons. The van der Waals surface area contributed by atoms with Crippen molar-refractivity contribution in [3.05, 3.63) is 53.0 Å². The van der Waals surface area contributed by atoms with Crippen LogP contribution >= 0.6 is 11.3 Å². The van der Waals surface area contributed by atoms with Gasteiger partial charge in [0.25, 0.3) is 0 Å². The van der Waals surface area contributed by atoms with E-state index in [-0.39, 0.29) is 42.6 Å². The summed E-state index contributed by atoms with van der Waals surface area (Å²) in [5, 5.41) is 106. The van der Waals surface area contributed by atoms with Gasteiger partial charge in [-0.3, -0.25) is 38.1 Å². The molecule has 4 saturated heterocycles. The molecule has 0 spiro atoms. The van der Waals surface area contributed by atoms with Crippen molar-refractivity contribution >= 4 is 68.8 Å². The first-order chi connectivity index (χ1) is 47.0. The van der Waals surface area contributed by atoms with E-state index in [0.717, 1.165) is 88.0 Å². The van der Waals surface area contributed by atoms with E-state index in [1.54, 1.807) is 30.3 Å². The summed E-state index contributed by atoms with van der Waals surface area (Å²) in [6.07, 6.45) is -1.76. The molecule has 7 amide bonds. The normalized spacial score (nSPS) is 29.1. The third kappa shape index (κ3) is 19.5. The minimum absolute atomic E-state index is 0.00225. The Bertz CT molecular complexity index is 3400. The second kappa shape index (κ2) is 33.8. The van der Waals surface area contributed by atoms with Gasteiger partial charge in [-0.15, -0.1) is 10.2 Å². The summed E-state index contributed by atoms with van der Waals surface area (Å²) in [5.41, 5.74) is 1.98. The van der Waals surface area contributed by atoms with Crippen molar-refractivity contribution in [1.82, 2.24) is 56.8 Å². The number of fused-ring (bicyclic) bond motifs is 2. The van der Waals surface area contributed by atoms with Crippen LogP contribution in [-0.4, -0.2) is 267 Å². The summed E-state index contributed by atoms with van der Waals surface area (Å²) >= 11 is 1.55. The molecule has 13 atom stereocenters. The summed E-state index contributed by atoms with van der Waals surface area (Å²) in [4.78, 5) is 108. The molecule has 2 saturated carbocycles. The molecule has 0 unspecified atom stereocenters. The maximum atomic E-state index is 15.0. The number of nitrogens with one attached hydrogen (secondary N) is 6. The van der Waals surface area contributed by atoms with Crippen LogP contribution in [-0.2, 0) is 55.1 Å². The molecule has 3 aromatic rings. The summed E-state index contributed by atoms with van der Waals surface area (Å²) in [6.45, 7) is 3.74. The zero-order valence-electron chi connectivity index (χ0n) is 56.6. The van der Waals surface area contributed by atoms with Gasteiger partial charge in [0.2, 0.25) is 41.4 Å². The molecule has 6 fully saturated rings. The lowest BCUT2D eigenvalue weighted by molar-refractivity contribution is -0.147. The van der Waals surface area contributed by atoms with Gasteiger partial charge in [-0.25, -0.2) is 0 Å². The monoisotopic (exact) mass is 1430 g/mol. The molecule has 2 aliphatic carbocycles. The van der Waals surface area contributed by atoms with E-state index >= 15 is 4.79 Å². The average molecular weight is 1430 g/mol. The number of aromatic nitrogens is 2. The number of benzene rings is 2. The molecule has 99 heavy (non-hydrogen) atoms. The number of aliphatic hydroxyl groups is 6. The fourth-order valence-corrected chi connectivity index (χ4v) is 16.2. The van der Waals surface area contributed by atoms with Gasteiger partial charge < -0.3 is 96.2 Å². The fourth-order valence-electron chi connectivity index (χ4n) is 14.8. The first-order valence-corrected chi connectivity index (χ1v) is 36.5. The van der Waals surface area contributed by atoms with Gasteiger partial charge in [-0.05, 0) is 139 Å². The highest BCUT2D eigenvalue weighted by Gasteiger charge is 2.50. The van der Waals surface area contributed by atoms with E-state index in [9.17, 15) is 77.5 Å². The molecule has 6 aliphatic rings. The van der Waals surface area contributed by atoms with E-state index < -0.39 is 181 Å². The Morgan fingerprint density at radius 3 is 2.12 bits per heavy atom. The van der Waals surface area contributed by atoms with Crippen LogP contribution in [0.15, 0.2) is 42.5 Å². The Balaban J connectivity index is 0.933. The van der Waals surface area contributed by atoms with Crippen molar-refractivity contribution in [2.24, 2.45) is 17.8 Å². The van der Waals surface area contributed by atoms with E-state index in [0.29, 0.717) is 25.3 Å². The summed E-state index contributed by atoms with van der Waals surface area (Å²) in [7, 11) is 0.123. The molecule has 9 rings (SSSR count). The van der Waals surface area contributed by atoms with Crippen LogP contribution in [0.1, 0.15) is 120 Å². The predicted molar refractivity (Wildman–Crippen MR) is 360 cm³/mol. The number of piperidine rings is 1. The van der Waals surface area contributed by atoms with Crippen molar-refractivity contribution in [1.29, 1.82) is 0 Å². The molecule has 548 valence electrons. The zero-order valence-corrected chi connectivity index (χ0v) is 58.2. The van der Waals surface area contributed by atoms with E-state index in [1.807, 2.05) is 7.11 Å². The maximum absolute atomic E-state index is 15.0. The van der Waals surface area contributed by atoms with Crippen LogP contribution in [0.4, 0.5) is 5.69 Å². The molecular weight excluding hydrogens is 1330 g/mol. The molecule has 2 aromatic carbocycles. The van der Waals surface area contributed by atoms with E-state index in [1.165, 1.54) is 46.0 Å². The van der Waals surface area contributed by atoms with Gasteiger partial charge in [0.05, 0.1) is 54.7 Å². The Kier molecular flexibility index (Phi) is 26.1. The molecule has 31 nitrogen and oxygen atoms in total. The summed E-state index contributed by atoms with van der Waals surface area (Å²) in [5.74, 6) is -9.38. The number of phenols is 1. The van der Waals surface area contributed by atoms with Gasteiger partial charge in [-0.1, -0.05) is 43.6 Å². The molecule has 4 aliphatic heterocycles. The fraction of sp³-hybridized carbons (Fsp3) is 0.682. The van der Waals surface area contributed by atoms with Gasteiger partial charge in [0.15, 0.2) is 11.5 Å². The maximum Gasteiger partial charge on any atom is 0.446 e. The molecule has 33 heteroatoms. The first kappa shape index (κ1) is 76.4. The van der Waals surface area contributed by atoms with Gasteiger partial charge in [-0.2, -0.15) is 8.42 Å². The molecular formula is C66H98N12O19S2. The van der Waals surface area contributed by atoms with Gasteiger partial charge in [0, 0.05) is 88.9 Å². The molecule has 1 aromatic heterocycles. The van der Waals surface area contributed by atoms with Crippen LogP contribution in [0, 0.1) is 17.8 Å². The van der Waals surface area contributed by atoms with Gasteiger partial charge in [0.1, 0.15) is 40.2 Å². The van der Waals surface area contributed by atoms with E-state index in [2.05, 4.69) is 75.4 Å². The number of phenolic OH excluding ortho intramolecular Hbond substituents is 1. The highest BCUT2D eigenvalue weighted by Crippen LogP contribution is 2.43. The quantitative estimate of drug-likeness (QED) is 0.0591. The minimum Gasteiger partial charge on any atom is -0.504 e. The lowest BCUT2D eigenvalue weighted by Gasteiger charge is -2.47. The van der Waals surface area contributed by atoms with E-state index in [4.69, 9.17) is 4.74 Å². The van der Waals surface area contributed by atoms with Crippen LogP contribution in [0.25, 0.3) is 10.6 Å². The summed E-state index contributed by atoms with van der Waals surface area (Å²) in [6, 6.07) is 0.365. The Morgan fingerprint density at radius 2 is 1.46 bits per heavy atom. The van der Waals surface area contributed by atoms with Crippen LogP contribution in [0.5, 0.6) is 11.5 Å².